The van der Waals surface area contributed by atoms with Crippen molar-refractivity contribution in [1.29, 1.82) is 0 Å². The zero-order valence-electron chi connectivity index (χ0n) is 14.8. The molecule has 3 rings (SSSR count). The molecule has 1 heterocycles. The summed E-state index contributed by atoms with van der Waals surface area (Å²) in [5, 5.41) is 4.16. The maximum atomic E-state index is 13.4. The fraction of sp³-hybridized carbons (Fsp3) is 0.300. The van der Waals surface area contributed by atoms with E-state index in [0.717, 1.165) is 22.0 Å². The second-order valence-electron chi connectivity index (χ2n) is 6.33. The standard InChI is InChI=1S/C20H19F5N2O/c21-14-4-5-16-13(11-27-17(16)9-14)6-7-26-10-12-2-1-3-15(8-12)28-20(25)18(22)19(23)24/h1-5,8-9,11,18-20,26-27H,6-7,10H2. The van der Waals surface area contributed by atoms with Crippen LogP contribution in [0.1, 0.15) is 11.1 Å². The van der Waals surface area contributed by atoms with Gasteiger partial charge < -0.3 is 15.0 Å². The average Bonchev–Trinajstić information content (AvgIpc) is 3.06. The highest BCUT2D eigenvalue weighted by atomic mass is 19.3. The second kappa shape index (κ2) is 9.05. The fourth-order valence-corrected chi connectivity index (χ4v) is 2.86. The Hall–Kier alpha value is -2.61. The van der Waals surface area contributed by atoms with E-state index in [0.29, 0.717) is 19.5 Å². The molecule has 0 spiro atoms. The van der Waals surface area contributed by atoms with Gasteiger partial charge in [-0.3, -0.25) is 0 Å². The molecule has 2 N–H and O–H groups in total. The molecule has 2 unspecified atom stereocenters. The van der Waals surface area contributed by atoms with E-state index in [9.17, 15) is 22.0 Å². The summed E-state index contributed by atoms with van der Waals surface area (Å²) in [6.07, 6.45) is -6.63. The Balaban J connectivity index is 1.51. The number of halogens is 5. The number of alkyl halides is 4. The van der Waals surface area contributed by atoms with Gasteiger partial charge in [0.2, 0.25) is 6.17 Å². The van der Waals surface area contributed by atoms with Gasteiger partial charge in [-0.1, -0.05) is 12.1 Å². The molecule has 2 aromatic carbocycles. The summed E-state index contributed by atoms with van der Waals surface area (Å²) < 4.78 is 68.5. The third kappa shape index (κ3) is 5.01. The molecule has 0 saturated heterocycles. The van der Waals surface area contributed by atoms with Crippen molar-refractivity contribution in [3.05, 3.63) is 65.6 Å². The third-order valence-corrected chi connectivity index (χ3v) is 4.27. The van der Waals surface area contributed by atoms with Crippen molar-refractivity contribution in [2.24, 2.45) is 0 Å². The summed E-state index contributed by atoms with van der Waals surface area (Å²) in [6.45, 7) is 1.05. The van der Waals surface area contributed by atoms with E-state index < -0.39 is 19.0 Å². The first-order chi connectivity index (χ1) is 13.4. The smallest absolute Gasteiger partial charge is 0.275 e. The van der Waals surface area contributed by atoms with Gasteiger partial charge in [-0.15, -0.1) is 0 Å². The maximum Gasteiger partial charge on any atom is 0.275 e. The minimum Gasteiger partial charge on any atom is -0.457 e. The van der Waals surface area contributed by atoms with E-state index in [1.54, 1.807) is 18.2 Å². The van der Waals surface area contributed by atoms with Crippen LogP contribution in [0, 0.1) is 5.82 Å². The Kier molecular flexibility index (Phi) is 6.51. The molecule has 28 heavy (non-hydrogen) atoms. The second-order valence-corrected chi connectivity index (χ2v) is 6.33. The van der Waals surface area contributed by atoms with E-state index in [-0.39, 0.29) is 11.6 Å². The van der Waals surface area contributed by atoms with Crippen LogP contribution in [-0.4, -0.2) is 30.5 Å². The first-order valence-corrected chi connectivity index (χ1v) is 8.72. The van der Waals surface area contributed by atoms with E-state index >= 15 is 0 Å². The van der Waals surface area contributed by atoms with Crippen LogP contribution in [0.4, 0.5) is 22.0 Å². The zero-order valence-corrected chi connectivity index (χ0v) is 14.8. The van der Waals surface area contributed by atoms with E-state index in [2.05, 4.69) is 15.0 Å². The highest BCUT2D eigenvalue weighted by molar-refractivity contribution is 5.83. The van der Waals surface area contributed by atoms with Crippen LogP contribution in [0.15, 0.2) is 48.7 Å². The number of nitrogens with one attached hydrogen (secondary N) is 2. The molecule has 3 nitrogen and oxygen atoms in total. The van der Waals surface area contributed by atoms with Crippen molar-refractivity contribution in [1.82, 2.24) is 10.3 Å². The lowest BCUT2D eigenvalue weighted by molar-refractivity contribution is -0.0750. The molecule has 3 aromatic rings. The van der Waals surface area contributed by atoms with Gasteiger partial charge >= 0.3 is 0 Å². The molecule has 150 valence electrons. The number of rotatable bonds is 9. The number of hydrogen-bond acceptors (Lipinski definition) is 2. The van der Waals surface area contributed by atoms with Crippen LogP contribution in [-0.2, 0) is 13.0 Å². The van der Waals surface area contributed by atoms with Gasteiger partial charge in [0.05, 0.1) is 0 Å². The fourth-order valence-electron chi connectivity index (χ4n) is 2.86. The number of fused-ring (bicyclic) bond motifs is 1. The van der Waals surface area contributed by atoms with Gasteiger partial charge in [0.25, 0.3) is 12.8 Å². The molecule has 8 heteroatoms. The molecule has 0 saturated carbocycles. The van der Waals surface area contributed by atoms with Gasteiger partial charge in [0.1, 0.15) is 11.6 Å². The Morgan fingerprint density at radius 1 is 1.04 bits per heavy atom. The van der Waals surface area contributed by atoms with Crippen LogP contribution >= 0.6 is 0 Å². The first kappa shape index (κ1) is 20.1. The lowest BCUT2D eigenvalue weighted by Crippen LogP contribution is -2.29. The number of ether oxygens (including phenoxy) is 1. The summed E-state index contributed by atoms with van der Waals surface area (Å²) in [5.41, 5.74) is 2.51. The number of aromatic amines is 1. The summed E-state index contributed by atoms with van der Waals surface area (Å²) in [7, 11) is 0. The van der Waals surface area contributed by atoms with Gasteiger partial charge in [-0.05, 0) is 54.4 Å². The minimum atomic E-state index is -3.44. The molecule has 0 aliphatic rings. The summed E-state index contributed by atoms with van der Waals surface area (Å²) in [5.74, 6) is -0.321. The van der Waals surface area contributed by atoms with E-state index in [1.165, 1.54) is 24.3 Å². The van der Waals surface area contributed by atoms with Crippen LogP contribution in [0.5, 0.6) is 5.75 Å². The van der Waals surface area contributed by atoms with Gasteiger partial charge in [-0.2, -0.15) is 4.39 Å². The molecule has 0 amide bonds. The Morgan fingerprint density at radius 3 is 2.64 bits per heavy atom. The zero-order chi connectivity index (χ0) is 20.1. The Morgan fingerprint density at radius 2 is 1.86 bits per heavy atom. The average molecular weight is 398 g/mol. The van der Waals surface area contributed by atoms with Crippen molar-refractivity contribution in [3.8, 4) is 5.75 Å². The molecular weight excluding hydrogens is 379 g/mol. The number of hydrogen-bond donors (Lipinski definition) is 2. The predicted octanol–water partition coefficient (Wildman–Crippen LogP) is 4.92. The lowest BCUT2D eigenvalue weighted by atomic mass is 10.1. The molecule has 0 aliphatic heterocycles. The highest BCUT2D eigenvalue weighted by Gasteiger charge is 2.31. The van der Waals surface area contributed by atoms with Gasteiger partial charge in [0, 0.05) is 23.6 Å². The largest absolute Gasteiger partial charge is 0.457 e. The van der Waals surface area contributed by atoms with Crippen molar-refractivity contribution in [2.45, 2.75) is 31.9 Å². The van der Waals surface area contributed by atoms with Crippen molar-refractivity contribution >= 4 is 10.9 Å². The number of benzene rings is 2. The van der Waals surface area contributed by atoms with Crippen LogP contribution in [0.2, 0.25) is 0 Å². The number of aromatic nitrogens is 1. The van der Waals surface area contributed by atoms with Gasteiger partial charge in [-0.25, -0.2) is 17.6 Å². The highest BCUT2D eigenvalue weighted by Crippen LogP contribution is 2.21. The van der Waals surface area contributed by atoms with Crippen molar-refractivity contribution in [2.75, 3.05) is 6.54 Å². The minimum absolute atomic E-state index is 0.0197. The van der Waals surface area contributed by atoms with Crippen LogP contribution in [0.3, 0.4) is 0 Å². The normalized spacial score (nSPS) is 13.8. The Bertz CT molecular complexity index is 915. The summed E-state index contributed by atoms with van der Waals surface area (Å²) >= 11 is 0. The predicted molar refractivity (Wildman–Crippen MR) is 96.5 cm³/mol. The topological polar surface area (TPSA) is 37.0 Å². The lowest BCUT2D eigenvalue weighted by Gasteiger charge is -2.15. The van der Waals surface area contributed by atoms with Crippen LogP contribution in [0.25, 0.3) is 10.9 Å². The molecule has 1 aromatic heterocycles. The maximum absolute atomic E-state index is 13.4. The Labute approximate surface area is 158 Å². The first-order valence-electron chi connectivity index (χ1n) is 8.72. The van der Waals surface area contributed by atoms with Crippen LogP contribution < -0.4 is 10.1 Å². The summed E-state index contributed by atoms with van der Waals surface area (Å²) in [4.78, 5) is 3.03. The molecule has 2 atom stereocenters. The molecule has 0 bridgehead atoms. The van der Waals surface area contributed by atoms with E-state index in [1.807, 2.05) is 6.20 Å². The van der Waals surface area contributed by atoms with Gasteiger partial charge in [0.15, 0.2) is 0 Å². The van der Waals surface area contributed by atoms with Crippen molar-refractivity contribution < 1.29 is 26.7 Å². The quantitative estimate of drug-likeness (QED) is 0.397. The van der Waals surface area contributed by atoms with Crippen molar-refractivity contribution in [3.63, 3.8) is 0 Å². The van der Waals surface area contributed by atoms with E-state index in [4.69, 9.17) is 0 Å². The SMILES string of the molecule is Fc1ccc2c(CCNCc3cccc(OC(F)C(F)C(F)F)c3)c[nH]c2c1. The third-order valence-electron chi connectivity index (χ3n) is 4.27. The summed E-state index contributed by atoms with van der Waals surface area (Å²) in [6, 6.07) is 10.7. The molecule has 0 radical (unpaired) electrons. The number of H-pyrrole nitrogens is 1. The molecular formula is C20H19F5N2O. The molecule has 0 fully saturated rings. The monoisotopic (exact) mass is 398 g/mol. The molecule has 0 aliphatic carbocycles.